The van der Waals surface area contributed by atoms with Crippen molar-refractivity contribution >= 4 is 17.6 Å². The summed E-state index contributed by atoms with van der Waals surface area (Å²) >= 11 is 1.75. The van der Waals surface area contributed by atoms with Gasteiger partial charge in [0.2, 0.25) is 0 Å². The first-order valence-electron chi connectivity index (χ1n) is 3.01. The smallest absolute Gasteiger partial charge is 0.169 e. The van der Waals surface area contributed by atoms with Gasteiger partial charge in [0, 0.05) is 11.5 Å². The average molecular weight is 162 g/mol. The van der Waals surface area contributed by atoms with Crippen molar-refractivity contribution < 1.29 is 9.94 Å². The van der Waals surface area contributed by atoms with E-state index < -0.39 is 0 Å². The highest BCUT2D eigenvalue weighted by Gasteiger charge is 2.17. The Morgan fingerprint density at radius 1 is 1.80 bits per heavy atom. The van der Waals surface area contributed by atoms with Crippen LogP contribution in [0.4, 0.5) is 0 Å². The van der Waals surface area contributed by atoms with Gasteiger partial charge in [0.15, 0.2) is 5.84 Å². The highest BCUT2D eigenvalue weighted by atomic mass is 32.2. The van der Waals surface area contributed by atoms with E-state index in [4.69, 9.17) is 15.7 Å². The van der Waals surface area contributed by atoms with E-state index in [0.717, 1.165) is 11.5 Å². The van der Waals surface area contributed by atoms with E-state index in [1.54, 1.807) is 11.8 Å². The first-order chi connectivity index (χ1) is 4.84. The van der Waals surface area contributed by atoms with Crippen LogP contribution >= 0.6 is 11.8 Å². The molecule has 1 unspecified atom stereocenters. The lowest BCUT2D eigenvalue weighted by Crippen LogP contribution is -2.36. The number of amidine groups is 1. The Labute approximate surface area is 63.4 Å². The molecule has 10 heavy (non-hydrogen) atoms. The van der Waals surface area contributed by atoms with Gasteiger partial charge >= 0.3 is 0 Å². The third-order valence-corrected chi connectivity index (χ3v) is 2.26. The van der Waals surface area contributed by atoms with Gasteiger partial charge in [-0.05, 0) is 0 Å². The van der Waals surface area contributed by atoms with Crippen LogP contribution in [0.2, 0.25) is 0 Å². The standard InChI is InChI=1S/C5H10N2O2S/c6-5(7-8)4-3-10-2-1-9-4/h4,8H,1-3H2,(H2,6,7). The largest absolute Gasteiger partial charge is 0.409 e. The van der Waals surface area contributed by atoms with Crippen molar-refractivity contribution in [2.75, 3.05) is 18.1 Å². The van der Waals surface area contributed by atoms with Gasteiger partial charge in [-0.25, -0.2) is 0 Å². The summed E-state index contributed by atoms with van der Waals surface area (Å²) in [5.74, 6) is 1.96. The molecule has 0 saturated carbocycles. The van der Waals surface area contributed by atoms with Gasteiger partial charge in [-0.15, -0.1) is 0 Å². The first-order valence-corrected chi connectivity index (χ1v) is 4.17. The van der Waals surface area contributed by atoms with E-state index in [2.05, 4.69) is 5.16 Å². The Hall–Kier alpha value is -0.420. The summed E-state index contributed by atoms with van der Waals surface area (Å²) in [6.07, 6.45) is -0.191. The fraction of sp³-hybridized carbons (Fsp3) is 0.800. The molecule has 1 aliphatic heterocycles. The Bertz CT molecular complexity index is 134. The van der Waals surface area contributed by atoms with Gasteiger partial charge in [0.25, 0.3) is 0 Å². The van der Waals surface area contributed by atoms with Crippen molar-refractivity contribution in [3.63, 3.8) is 0 Å². The molecule has 1 heterocycles. The number of hydrogen-bond donors (Lipinski definition) is 2. The summed E-state index contributed by atoms with van der Waals surface area (Å²) in [5, 5.41) is 11.1. The molecule has 4 nitrogen and oxygen atoms in total. The summed E-state index contributed by atoms with van der Waals surface area (Å²) in [5.41, 5.74) is 5.31. The summed E-state index contributed by atoms with van der Waals surface area (Å²) in [4.78, 5) is 0. The lowest BCUT2D eigenvalue weighted by Gasteiger charge is -2.20. The monoisotopic (exact) mass is 162 g/mol. The molecule has 0 aromatic heterocycles. The second kappa shape index (κ2) is 3.68. The summed E-state index contributed by atoms with van der Waals surface area (Å²) in [6, 6.07) is 0. The van der Waals surface area contributed by atoms with Crippen molar-refractivity contribution in [1.29, 1.82) is 0 Å². The van der Waals surface area contributed by atoms with Crippen molar-refractivity contribution in [1.82, 2.24) is 0 Å². The van der Waals surface area contributed by atoms with Crippen LogP contribution in [0.25, 0.3) is 0 Å². The summed E-state index contributed by atoms with van der Waals surface area (Å²) in [6.45, 7) is 0.686. The molecule has 0 aliphatic carbocycles. The Morgan fingerprint density at radius 2 is 2.60 bits per heavy atom. The molecule has 1 atom stereocenters. The predicted molar refractivity (Wildman–Crippen MR) is 40.5 cm³/mol. The lowest BCUT2D eigenvalue weighted by molar-refractivity contribution is 0.117. The third kappa shape index (κ3) is 1.78. The quantitative estimate of drug-likeness (QED) is 0.244. The minimum absolute atomic E-state index is 0.173. The average Bonchev–Trinajstić information content (AvgIpc) is 2.05. The van der Waals surface area contributed by atoms with Gasteiger partial charge in [0.1, 0.15) is 6.10 Å². The minimum atomic E-state index is -0.191. The van der Waals surface area contributed by atoms with Crippen LogP contribution < -0.4 is 5.73 Å². The number of oxime groups is 1. The zero-order valence-corrected chi connectivity index (χ0v) is 6.30. The second-order valence-corrected chi connectivity index (χ2v) is 3.11. The molecule has 0 aromatic carbocycles. The van der Waals surface area contributed by atoms with Gasteiger partial charge < -0.3 is 15.7 Å². The lowest BCUT2D eigenvalue weighted by atomic mass is 10.4. The van der Waals surface area contributed by atoms with Gasteiger partial charge in [-0.1, -0.05) is 5.16 Å². The number of ether oxygens (including phenoxy) is 1. The van der Waals surface area contributed by atoms with Crippen LogP contribution in [0.15, 0.2) is 5.16 Å². The van der Waals surface area contributed by atoms with Gasteiger partial charge in [-0.2, -0.15) is 11.8 Å². The molecule has 0 spiro atoms. The highest BCUT2D eigenvalue weighted by Crippen LogP contribution is 2.11. The fourth-order valence-electron chi connectivity index (χ4n) is 0.723. The van der Waals surface area contributed by atoms with Crippen molar-refractivity contribution in [2.45, 2.75) is 6.10 Å². The van der Waals surface area contributed by atoms with Crippen LogP contribution in [0, 0.1) is 0 Å². The minimum Gasteiger partial charge on any atom is -0.409 e. The maximum absolute atomic E-state index is 8.26. The van der Waals surface area contributed by atoms with E-state index in [-0.39, 0.29) is 11.9 Å². The van der Waals surface area contributed by atoms with E-state index in [1.165, 1.54) is 0 Å². The normalized spacial score (nSPS) is 28.4. The van der Waals surface area contributed by atoms with Crippen molar-refractivity contribution in [3.05, 3.63) is 0 Å². The zero-order chi connectivity index (χ0) is 7.40. The molecule has 3 N–H and O–H groups in total. The zero-order valence-electron chi connectivity index (χ0n) is 5.49. The Balaban J connectivity index is 2.39. The SMILES string of the molecule is N/C(=N\O)C1CSCCO1. The highest BCUT2D eigenvalue weighted by molar-refractivity contribution is 7.99. The fourth-order valence-corrected chi connectivity index (χ4v) is 1.58. The van der Waals surface area contributed by atoms with E-state index in [0.29, 0.717) is 6.61 Å². The maximum atomic E-state index is 8.26. The summed E-state index contributed by atoms with van der Waals surface area (Å²) < 4.78 is 5.19. The molecule has 0 aromatic rings. The molecule has 1 aliphatic rings. The van der Waals surface area contributed by atoms with Crippen LogP contribution in [-0.4, -0.2) is 35.3 Å². The van der Waals surface area contributed by atoms with Crippen LogP contribution in [0.5, 0.6) is 0 Å². The molecule has 1 rings (SSSR count). The number of thioether (sulfide) groups is 1. The van der Waals surface area contributed by atoms with E-state index >= 15 is 0 Å². The molecule has 0 radical (unpaired) electrons. The second-order valence-electron chi connectivity index (χ2n) is 1.96. The third-order valence-electron chi connectivity index (χ3n) is 1.26. The Morgan fingerprint density at radius 3 is 3.10 bits per heavy atom. The Kier molecular flexibility index (Phi) is 2.82. The molecule has 0 bridgehead atoms. The predicted octanol–water partition coefficient (Wildman–Crippen LogP) is -0.135. The van der Waals surface area contributed by atoms with E-state index in [1.807, 2.05) is 0 Å². The van der Waals surface area contributed by atoms with Crippen LogP contribution in [0.3, 0.4) is 0 Å². The van der Waals surface area contributed by atoms with E-state index in [9.17, 15) is 0 Å². The number of rotatable bonds is 1. The molecule has 5 heteroatoms. The number of nitrogens with two attached hydrogens (primary N) is 1. The molecule has 1 saturated heterocycles. The molecular formula is C5H10N2O2S. The molecule has 0 amide bonds. The molecular weight excluding hydrogens is 152 g/mol. The van der Waals surface area contributed by atoms with Crippen molar-refractivity contribution in [3.8, 4) is 0 Å². The van der Waals surface area contributed by atoms with Crippen LogP contribution in [-0.2, 0) is 4.74 Å². The van der Waals surface area contributed by atoms with Gasteiger partial charge in [0.05, 0.1) is 6.61 Å². The summed E-state index contributed by atoms with van der Waals surface area (Å²) in [7, 11) is 0. The topological polar surface area (TPSA) is 67.8 Å². The number of nitrogens with zero attached hydrogens (tertiary/aromatic N) is 1. The molecule has 58 valence electrons. The van der Waals surface area contributed by atoms with Gasteiger partial charge in [-0.3, -0.25) is 0 Å². The van der Waals surface area contributed by atoms with Crippen molar-refractivity contribution in [2.24, 2.45) is 10.9 Å². The van der Waals surface area contributed by atoms with Crippen LogP contribution in [0.1, 0.15) is 0 Å². The molecule has 1 fully saturated rings. The first kappa shape index (κ1) is 7.68. The maximum Gasteiger partial charge on any atom is 0.169 e. The number of hydrogen-bond acceptors (Lipinski definition) is 4.